The second kappa shape index (κ2) is 7.74. The van der Waals surface area contributed by atoms with Crippen molar-refractivity contribution in [2.75, 3.05) is 6.61 Å². The fourth-order valence-corrected chi connectivity index (χ4v) is 1.83. The number of aromatic nitrogens is 2. The van der Waals surface area contributed by atoms with Crippen molar-refractivity contribution < 1.29 is 13.5 Å². The minimum Gasteiger partial charge on any atom is -0.370 e. The molecule has 0 aliphatic carbocycles. The Labute approximate surface area is 134 Å². The minimum atomic E-state index is -3.07. The summed E-state index contributed by atoms with van der Waals surface area (Å²) in [5.41, 5.74) is 2.64. The quantitative estimate of drug-likeness (QED) is 0.760. The number of hydrogen-bond acceptors (Lipinski definition) is 3. The molecule has 0 unspecified atom stereocenters. The van der Waals surface area contributed by atoms with Crippen LogP contribution in [0.25, 0.3) is 11.6 Å². The molecule has 3 nitrogen and oxygen atoms in total. The number of halogens is 2. The molecule has 1 aromatic carbocycles. The van der Waals surface area contributed by atoms with Crippen LogP contribution in [0.1, 0.15) is 23.9 Å². The monoisotopic (exact) mass is 316 g/mol. The first-order valence-corrected chi connectivity index (χ1v) is 7.13. The zero-order valence-electron chi connectivity index (χ0n) is 12.9. The number of allylic oxidation sites excluding steroid dienone is 1. The van der Waals surface area contributed by atoms with Crippen LogP contribution in [0, 0.1) is 0 Å². The van der Waals surface area contributed by atoms with Gasteiger partial charge >= 0.3 is 0 Å². The van der Waals surface area contributed by atoms with Crippen LogP contribution in [0.5, 0.6) is 0 Å². The van der Waals surface area contributed by atoms with E-state index in [1.54, 1.807) is 13.0 Å². The molecule has 0 N–H and O–H groups in total. The maximum atomic E-state index is 13.8. The molecular weight excluding hydrogens is 298 g/mol. The van der Waals surface area contributed by atoms with Crippen LogP contribution in [-0.2, 0) is 11.3 Å². The van der Waals surface area contributed by atoms with Crippen molar-refractivity contribution in [2.45, 2.75) is 19.5 Å². The first-order chi connectivity index (χ1) is 11.0. The lowest BCUT2D eigenvalue weighted by Crippen LogP contribution is -2.20. The maximum absolute atomic E-state index is 13.8. The highest BCUT2D eigenvalue weighted by Crippen LogP contribution is 2.19. The number of benzene rings is 1. The van der Waals surface area contributed by atoms with Gasteiger partial charge in [-0.2, -0.15) is 8.78 Å². The summed E-state index contributed by atoms with van der Waals surface area (Å²) < 4.78 is 32.7. The Morgan fingerprint density at radius 3 is 2.70 bits per heavy atom. The summed E-state index contributed by atoms with van der Waals surface area (Å²) in [4.78, 5) is 7.95. The van der Waals surface area contributed by atoms with Crippen molar-refractivity contribution in [3.8, 4) is 0 Å². The van der Waals surface area contributed by atoms with Crippen molar-refractivity contribution in [2.24, 2.45) is 0 Å². The van der Waals surface area contributed by atoms with E-state index in [0.29, 0.717) is 11.4 Å². The van der Waals surface area contributed by atoms with Gasteiger partial charge in [0.25, 0.3) is 5.92 Å². The summed E-state index contributed by atoms with van der Waals surface area (Å²) in [6, 6.07) is 10.8. The number of rotatable bonds is 7. The molecule has 0 saturated carbocycles. The molecule has 0 fully saturated rings. The highest BCUT2D eigenvalue weighted by Gasteiger charge is 2.25. The van der Waals surface area contributed by atoms with Crippen LogP contribution in [0.3, 0.4) is 0 Å². The molecule has 23 heavy (non-hydrogen) atoms. The Bertz CT molecular complexity index is 684. The molecule has 0 radical (unpaired) electrons. The third-order valence-electron chi connectivity index (χ3n) is 3.03. The molecule has 0 amide bonds. The van der Waals surface area contributed by atoms with Crippen LogP contribution in [0.2, 0.25) is 0 Å². The molecule has 2 rings (SSSR count). The molecule has 0 saturated heterocycles. The number of nitrogens with zero attached hydrogens (tertiary/aromatic N) is 2. The summed E-state index contributed by atoms with van der Waals surface area (Å²) in [5.74, 6) is -3.07. The van der Waals surface area contributed by atoms with E-state index >= 15 is 0 Å². The molecule has 2 aromatic rings. The van der Waals surface area contributed by atoms with Crippen molar-refractivity contribution >= 4 is 11.6 Å². The van der Waals surface area contributed by atoms with Crippen molar-refractivity contribution in [1.29, 1.82) is 0 Å². The van der Waals surface area contributed by atoms with Crippen LogP contribution in [0.4, 0.5) is 8.78 Å². The number of alkyl halides is 2. The Morgan fingerprint density at radius 2 is 2.00 bits per heavy atom. The van der Waals surface area contributed by atoms with Gasteiger partial charge in [-0.15, -0.1) is 0 Å². The lowest BCUT2D eigenvalue weighted by atomic mass is 10.2. The zero-order chi connectivity index (χ0) is 16.7. The second-order valence-electron chi connectivity index (χ2n) is 5.18. The fourth-order valence-electron chi connectivity index (χ4n) is 1.83. The van der Waals surface area contributed by atoms with Gasteiger partial charge in [-0.1, -0.05) is 36.9 Å². The lowest BCUT2D eigenvalue weighted by Gasteiger charge is -2.12. The van der Waals surface area contributed by atoms with Gasteiger partial charge in [0.15, 0.2) is 0 Å². The van der Waals surface area contributed by atoms with Gasteiger partial charge < -0.3 is 4.74 Å². The first-order valence-electron chi connectivity index (χ1n) is 7.13. The van der Waals surface area contributed by atoms with Gasteiger partial charge in [0.05, 0.1) is 18.0 Å². The summed E-state index contributed by atoms with van der Waals surface area (Å²) in [7, 11) is 0. The van der Waals surface area contributed by atoms with E-state index in [9.17, 15) is 8.78 Å². The lowest BCUT2D eigenvalue weighted by molar-refractivity contribution is -0.0451. The third-order valence-corrected chi connectivity index (χ3v) is 3.03. The molecule has 120 valence electrons. The van der Waals surface area contributed by atoms with Gasteiger partial charge in [0.2, 0.25) is 0 Å². The molecule has 0 aliphatic heterocycles. The Hall–Kier alpha value is -2.40. The summed E-state index contributed by atoms with van der Waals surface area (Å²) in [6.07, 6.45) is 3.39. The highest BCUT2D eigenvalue weighted by atomic mass is 19.3. The number of hydrogen-bond donors (Lipinski definition) is 0. The van der Waals surface area contributed by atoms with Gasteiger partial charge in [0.1, 0.15) is 12.9 Å². The van der Waals surface area contributed by atoms with Crippen molar-refractivity contribution in [1.82, 2.24) is 9.97 Å². The first kappa shape index (κ1) is 17.0. The van der Waals surface area contributed by atoms with E-state index in [4.69, 9.17) is 4.74 Å². The minimum absolute atomic E-state index is 0.150. The molecule has 0 spiro atoms. The maximum Gasteiger partial charge on any atom is 0.289 e. The average molecular weight is 316 g/mol. The summed E-state index contributed by atoms with van der Waals surface area (Å²) in [6.45, 7) is 5.02. The van der Waals surface area contributed by atoms with Crippen LogP contribution < -0.4 is 0 Å². The Kier molecular flexibility index (Phi) is 5.71. The van der Waals surface area contributed by atoms with Gasteiger partial charge in [-0.25, -0.2) is 9.97 Å². The fraction of sp³-hybridized carbons (Fsp3) is 0.222. The predicted molar refractivity (Wildman–Crippen MR) is 86.8 cm³/mol. The topological polar surface area (TPSA) is 35.0 Å². The summed E-state index contributed by atoms with van der Waals surface area (Å²) in [5, 5.41) is 0. The van der Waals surface area contributed by atoms with E-state index in [1.807, 2.05) is 30.3 Å². The van der Waals surface area contributed by atoms with E-state index in [-0.39, 0.29) is 6.61 Å². The smallest absolute Gasteiger partial charge is 0.289 e. The Balaban J connectivity index is 1.92. The van der Waals surface area contributed by atoms with Crippen LogP contribution in [-0.4, -0.2) is 22.5 Å². The predicted octanol–water partition coefficient (Wildman–Crippen LogP) is 4.38. The second-order valence-corrected chi connectivity index (χ2v) is 5.18. The molecule has 5 heteroatoms. The highest BCUT2D eigenvalue weighted by molar-refractivity contribution is 5.60. The third kappa shape index (κ3) is 5.71. The largest absolute Gasteiger partial charge is 0.370 e. The van der Waals surface area contributed by atoms with E-state index in [1.165, 1.54) is 12.4 Å². The SMILES string of the molecule is C=C(C)c1cc(/C=C/C(F)(F)COCc2ccccc2)ncn1. The normalized spacial score (nSPS) is 11.8. The van der Waals surface area contributed by atoms with Crippen LogP contribution >= 0.6 is 0 Å². The van der Waals surface area contributed by atoms with E-state index < -0.39 is 12.5 Å². The summed E-state index contributed by atoms with van der Waals surface area (Å²) >= 11 is 0. The molecule has 0 aliphatic rings. The van der Waals surface area contributed by atoms with Gasteiger partial charge in [-0.3, -0.25) is 0 Å². The standard InChI is InChI=1S/C18H18F2N2O/c1-14(2)17-10-16(21-13-22-17)8-9-18(19,20)12-23-11-15-6-4-3-5-7-15/h3-10,13H,1,11-12H2,2H3/b9-8+. The molecular formula is C18H18F2N2O. The van der Waals surface area contributed by atoms with E-state index in [0.717, 1.165) is 17.2 Å². The molecule has 0 atom stereocenters. The van der Waals surface area contributed by atoms with Gasteiger partial charge in [-0.05, 0) is 36.3 Å². The van der Waals surface area contributed by atoms with Crippen molar-refractivity contribution in [3.63, 3.8) is 0 Å². The molecule has 1 aromatic heterocycles. The van der Waals surface area contributed by atoms with E-state index in [2.05, 4.69) is 16.5 Å². The number of ether oxygens (including phenoxy) is 1. The molecule has 0 bridgehead atoms. The average Bonchev–Trinajstić information content (AvgIpc) is 2.54. The molecule has 1 heterocycles. The van der Waals surface area contributed by atoms with Crippen LogP contribution in [0.15, 0.2) is 55.4 Å². The zero-order valence-corrected chi connectivity index (χ0v) is 12.9. The Morgan fingerprint density at radius 1 is 1.26 bits per heavy atom. The van der Waals surface area contributed by atoms with Crippen molar-refractivity contribution in [3.05, 3.63) is 72.3 Å². The van der Waals surface area contributed by atoms with Gasteiger partial charge in [0, 0.05) is 0 Å².